The monoisotopic (exact) mass is 401 g/mol. The van der Waals surface area contributed by atoms with Crippen molar-refractivity contribution in [1.82, 2.24) is 5.32 Å². The van der Waals surface area contributed by atoms with E-state index in [1.165, 1.54) is 0 Å². The van der Waals surface area contributed by atoms with E-state index in [4.69, 9.17) is 16.3 Å². The van der Waals surface area contributed by atoms with Gasteiger partial charge in [0, 0.05) is 5.41 Å². The summed E-state index contributed by atoms with van der Waals surface area (Å²) < 4.78 is 5.13. The number of ketones is 1. The Morgan fingerprint density at radius 2 is 1.61 bits per heavy atom. The lowest BCUT2D eigenvalue weighted by atomic mass is 9.91. The van der Waals surface area contributed by atoms with Crippen LogP contribution in [0.15, 0.2) is 54.6 Å². The van der Waals surface area contributed by atoms with E-state index in [0.717, 1.165) is 5.56 Å². The summed E-state index contributed by atoms with van der Waals surface area (Å²) in [5.74, 6) is -1.12. The number of hydrogen-bond donors (Lipinski definition) is 1. The minimum atomic E-state index is -0.609. The maximum absolute atomic E-state index is 12.6. The van der Waals surface area contributed by atoms with Gasteiger partial charge in [0.05, 0.1) is 23.0 Å². The molecule has 0 saturated heterocycles. The molecule has 6 heteroatoms. The van der Waals surface area contributed by atoms with Crippen molar-refractivity contribution < 1.29 is 19.1 Å². The van der Waals surface area contributed by atoms with Gasteiger partial charge in [0.2, 0.25) is 0 Å². The third-order valence-electron chi connectivity index (χ3n) is 4.20. The first-order valence-electron chi connectivity index (χ1n) is 8.97. The Morgan fingerprint density at radius 3 is 2.21 bits per heavy atom. The highest BCUT2D eigenvalue weighted by molar-refractivity contribution is 6.33. The van der Waals surface area contributed by atoms with Crippen molar-refractivity contribution in [2.75, 3.05) is 6.61 Å². The fraction of sp³-hybridized carbons (Fsp3) is 0.318. The van der Waals surface area contributed by atoms with E-state index in [2.05, 4.69) is 5.32 Å². The van der Waals surface area contributed by atoms with Crippen LogP contribution in [0.25, 0.3) is 0 Å². The van der Waals surface area contributed by atoms with Crippen molar-refractivity contribution in [3.05, 3.63) is 70.7 Å². The molecular weight excluding hydrogens is 378 g/mol. The first-order valence-corrected chi connectivity index (χ1v) is 9.35. The molecule has 0 fully saturated rings. The van der Waals surface area contributed by atoms with Crippen molar-refractivity contribution in [2.24, 2.45) is 5.41 Å². The predicted molar refractivity (Wildman–Crippen MR) is 108 cm³/mol. The second kappa shape index (κ2) is 9.51. The molecule has 0 aliphatic heterocycles. The fourth-order valence-corrected chi connectivity index (χ4v) is 2.63. The number of benzene rings is 2. The van der Waals surface area contributed by atoms with Gasteiger partial charge >= 0.3 is 5.97 Å². The normalized spacial score (nSPS) is 12.1. The number of nitrogens with one attached hydrogen (secondary N) is 1. The average molecular weight is 402 g/mol. The number of halogens is 1. The van der Waals surface area contributed by atoms with E-state index < -0.39 is 23.3 Å². The quantitative estimate of drug-likeness (QED) is 0.699. The molecule has 0 aromatic heterocycles. The molecule has 1 atom stereocenters. The molecule has 1 N–H and O–H groups in total. The molecule has 2 aromatic carbocycles. The number of esters is 1. The molecule has 0 aliphatic carbocycles. The van der Waals surface area contributed by atoms with E-state index in [1.54, 1.807) is 45.0 Å². The maximum Gasteiger partial charge on any atom is 0.308 e. The van der Waals surface area contributed by atoms with Crippen LogP contribution in [0.2, 0.25) is 5.02 Å². The van der Waals surface area contributed by atoms with Crippen molar-refractivity contribution >= 4 is 29.3 Å². The zero-order valence-electron chi connectivity index (χ0n) is 16.2. The van der Waals surface area contributed by atoms with Crippen LogP contribution >= 0.6 is 11.6 Å². The van der Waals surface area contributed by atoms with Crippen LogP contribution < -0.4 is 5.32 Å². The van der Waals surface area contributed by atoms with Crippen LogP contribution in [0, 0.1) is 5.41 Å². The number of ether oxygens (including phenoxy) is 1. The maximum atomic E-state index is 12.6. The van der Waals surface area contributed by atoms with Gasteiger partial charge in [-0.05, 0) is 17.7 Å². The first kappa shape index (κ1) is 21.6. The van der Waals surface area contributed by atoms with Gasteiger partial charge in [0.15, 0.2) is 12.4 Å². The van der Waals surface area contributed by atoms with Gasteiger partial charge in [-0.3, -0.25) is 14.4 Å². The van der Waals surface area contributed by atoms with Crippen LogP contribution in [0.4, 0.5) is 0 Å². The summed E-state index contributed by atoms with van der Waals surface area (Å²) in [5.41, 5.74) is 0.487. The van der Waals surface area contributed by atoms with E-state index >= 15 is 0 Å². The second-order valence-corrected chi connectivity index (χ2v) is 7.86. The molecule has 0 heterocycles. The zero-order valence-corrected chi connectivity index (χ0v) is 17.0. The van der Waals surface area contributed by atoms with Crippen LogP contribution in [-0.2, 0) is 14.3 Å². The van der Waals surface area contributed by atoms with Gasteiger partial charge in [0.25, 0.3) is 5.91 Å². The number of rotatable bonds is 7. The molecule has 0 radical (unpaired) electrons. The molecule has 0 saturated carbocycles. The molecule has 5 nitrogen and oxygen atoms in total. The molecule has 1 amide bonds. The minimum Gasteiger partial charge on any atom is -0.458 e. The highest BCUT2D eigenvalue weighted by Gasteiger charge is 2.25. The lowest BCUT2D eigenvalue weighted by Gasteiger charge is -2.20. The Labute approximate surface area is 170 Å². The summed E-state index contributed by atoms with van der Waals surface area (Å²) in [6, 6.07) is 15.2. The third kappa shape index (κ3) is 6.20. The number of amides is 1. The smallest absolute Gasteiger partial charge is 0.308 e. The summed E-state index contributed by atoms with van der Waals surface area (Å²) in [6.45, 7) is 5.00. The van der Waals surface area contributed by atoms with Crippen LogP contribution in [-0.4, -0.2) is 24.3 Å². The third-order valence-corrected chi connectivity index (χ3v) is 4.53. The molecule has 0 spiro atoms. The van der Waals surface area contributed by atoms with Crippen LogP contribution in [0.5, 0.6) is 0 Å². The highest BCUT2D eigenvalue weighted by atomic mass is 35.5. The Hall–Kier alpha value is -2.66. The van der Waals surface area contributed by atoms with Gasteiger partial charge in [-0.2, -0.15) is 0 Å². The summed E-state index contributed by atoms with van der Waals surface area (Å²) in [6.07, 6.45) is -0.0996. The van der Waals surface area contributed by atoms with Crippen molar-refractivity contribution in [1.29, 1.82) is 0 Å². The van der Waals surface area contributed by atoms with E-state index in [0.29, 0.717) is 10.6 Å². The minimum absolute atomic E-state index is 0.0996. The molecular formula is C22H24ClNO4. The largest absolute Gasteiger partial charge is 0.458 e. The second-order valence-electron chi connectivity index (χ2n) is 7.45. The Kier molecular flexibility index (Phi) is 7.35. The molecule has 28 heavy (non-hydrogen) atoms. The van der Waals surface area contributed by atoms with Crippen molar-refractivity contribution in [3.63, 3.8) is 0 Å². The molecule has 2 rings (SSSR count). The average Bonchev–Trinajstić information content (AvgIpc) is 2.65. The summed E-state index contributed by atoms with van der Waals surface area (Å²) >= 11 is 6.09. The summed E-state index contributed by atoms with van der Waals surface area (Å²) in [7, 11) is 0. The molecule has 148 valence electrons. The number of Topliss-reactive ketones (excluding diaryl/α,β-unsaturated/α-hetero) is 1. The van der Waals surface area contributed by atoms with E-state index in [-0.39, 0.29) is 18.8 Å². The van der Waals surface area contributed by atoms with Crippen LogP contribution in [0.1, 0.15) is 49.2 Å². The summed E-state index contributed by atoms with van der Waals surface area (Å²) in [5, 5.41) is 3.15. The zero-order chi connectivity index (χ0) is 20.7. The predicted octanol–water partition coefficient (Wildman–Crippen LogP) is 4.36. The highest BCUT2D eigenvalue weighted by Crippen LogP contribution is 2.21. The lowest BCUT2D eigenvalue weighted by molar-refractivity contribution is -0.150. The Bertz CT molecular complexity index is 843. The van der Waals surface area contributed by atoms with Gasteiger partial charge in [-0.15, -0.1) is 0 Å². The number of carbonyl (C=O) groups excluding carboxylic acids is 3. The summed E-state index contributed by atoms with van der Waals surface area (Å²) in [4.78, 5) is 36.9. The fourth-order valence-electron chi connectivity index (χ4n) is 2.41. The molecule has 0 bridgehead atoms. The first-order chi connectivity index (χ1) is 13.2. The molecule has 2 aromatic rings. The van der Waals surface area contributed by atoms with Crippen LogP contribution in [0.3, 0.4) is 0 Å². The molecule has 0 unspecified atom stereocenters. The number of hydrogen-bond acceptors (Lipinski definition) is 4. The molecule has 0 aliphatic rings. The van der Waals surface area contributed by atoms with Gasteiger partial charge in [0.1, 0.15) is 0 Å². The SMILES string of the molecule is CC(C)(C)C(=O)COC(=O)C[C@@H](NC(=O)c1ccccc1Cl)c1ccccc1. The lowest BCUT2D eigenvalue weighted by Crippen LogP contribution is -2.32. The van der Waals surface area contributed by atoms with E-state index in [1.807, 2.05) is 30.3 Å². The van der Waals surface area contributed by atoms with Crippen molar-refractivity contribution in [2.45, 2.75) is 33.2 Å². The Balaban J connectivity index is 2.10. The topological polar surface area (TPSA) is 72.5 Å². The van der Waals surface area contributed by atoms with Gasteiger partial charge in [-0.1, -0.05) is 74.8 Å². The number of carbonyl (C=O) groups is 3. The van der Waals surface area contributed by atoms with Crippen molar-refractivity contribution in [3.8, 4) is 0 Å². The van der Waals surface area contributed by atoms with Gasteiger partial charge in [-0.25, -0.2) is 0 Å². The van der Waals surface area contributed by atoms with E-state index in [9.17, 15) is 14.4 Å². The Morgan fingerprint density at radius 1 is 1.00 bits per heavy atom. The van der Waals surface area contributed by atoms with Gasteiger partial charge < -0.3 is 10.1 Å². The standard InChI is InChI=1S/C22H24ClNO4/c1-22(2,3)19(25)14-28-20(26)13-18(15-9-5-4-6-10-15)24-21(27)16-11-7-8-12-17(16)23/h4-12,18H,13-14H2,1-3H3,(H,24,27)/t18-/m1/s1.